The van der Waals surface area contributed by atoms with Gasteiger partial charge in [0.25, 0.3) is 5.91 Å². The fourth-order valence-corrected chi connectivity index (χ4v) is 3.08. The van der Waals surface area contributed by atoms with Crippen LogP contribution in [-0.4, -0.2) is 25.1 Å². The smallest absolute Gasteiger partial charge is 0.349 e. The van der Waals surface area contributed by atoms with Crippen LogP contribution in [0.3, 0.4) is 0 Å². The molecule has 0 radical (unpaired) electrons. The Labute approximate surface area is 207 Å². The number of halogens is 1. The van der Waals surface area contributed by atoms with E-state index in [1.807, 2.05) is 13.0 Å². The summed E-state index contributed by atoms with van der Waals surface area (Å²) in [6, 6.07) is 15.1. The molecule has 0 aliphatic carbocycles. The number of ether oxygens (including phenoxy) is 3. The van der Waals surface area contributed by atoms with Crippen LogP contribution in [0.15, 0.2) is 64.8 Å². The number of nitriles is 1. The number of aryl methyl sites for hydroxylation is 1. The maximum absolute atomic E-state index is 12.4. The van der Waals surface area contributed by atoms with Crippen molar-refractivity contribution in [3.05, 3.63) is 82.3 Å². The minimum Gasteiger partial charge on any atom is -0.490 e. The summed E-state index contributed by atoms with van der Waals surface area (Å²) in [5, 5.41) is 12.6. The molecule has 0 spiro atoms. The third-order valence-corrected chi connectivity index (χ3v) is 5.08. The van der Waals surface area contributed by atoms with Gasteiger partial charge >= 0.3 is 5.97 Å². The molecule has 1 heterocycles. The maximum atomic E-state index is 12.4. The number of carbonyl (C=O) groups excluding carboxylic acids is 2. The summed E-state index contributed by atoms with van der Waals surface area (Å²) in [4.78, 5) is 24.7. The first kappa shape index (κ1) is 25.4. The zero-order valence-electron chi connectivity index (χ0n) is 19.2. The Hall–Kier alpha value is -4.22. The molecule has 180 valence electrons. The van der Waals surface area contributed by atoms with Gasteiger partial charge in [0.2, 0.25) is 0 Å². The maximum Gasteiger partial charge on any atom is 0.349 e. The molecule has 1 amide bonds. The molecule has 8 nitrogen and oxygen atoms in total. The van der Waals surface area contributed by atoms with Crippen molar-refractivity contribution in [1.29, 1.82) is 5.26 Å². The highest BCUT2D eigenvalue weighted by molar-refractivity contribution is 6.31. The molecular formula is C26H23ClN2O6. The molecule has 3 aromatic rings. The number of rotatable bonds is 10. The second-order valence-electron chi connectivity index (χ2n) is 7.24. The molecule has 0 atom stereocenters. The number of nitrogens with zero attached hydrogens (tertiary/aromatic N) is 1. The zero-order chi connectivity index (χ0) is 25.2. The van der Waals surface area contributed by atoms with Crippen LogP contribution < -0.4 is 19.5 Å². The van der Waals surface area contributed by atoms with Gasteiger partial charge in [0.15, 0.2) is 18.1 Å². The van der Waals surface area contributed by atoms with Gasteiger partial charge in [-0.2, -0.15) is 5.26 Å². The number of hydrogen-bond acceptors (Lipinski definition) is 7. The Morgan fingerprint density at radius 3 is 2.66 bits per heavy atom. The number of carbonyl (C=O) groups is 2. The van der Waals surface area contributed by atoms with Crippen LogP contribution in [0.25, 0.3) is 6.08 Å². The van der Waals surface area contributed by atoms with Crippen molar-refractivity contribution in [2.24, 2.45) is 0 Å². The first-order valence-electron chi connectivity index (χ1n) is 10.7. The lowest BCUT2D eigenvalue weighted by Crippen LogP contribution is -2.23. The fourth-order valence-electron chi connectivity index (χ4n) is 2.96. The third-order valence-electron chi connectivity index (χ3n) is 4.66. The van der Waals surface area contributed by atoms with Gasteiger partial charge in [0.05, 0.1) is 19.4 Å². The van der Waals surface area contributed by atoms with E-state index < -0.39 is 11.9 Å². The second-order valence-corrected chi connectivity index (χ2v) is 7.65. The van der Waals surface area contributed by atoms with Crippen LogP contribution >= 0.6 is 11.6 Å². The molecule has 1 aromatic heterocycles. The number of amides is 1. The third kappa shape index (κ3) is 7.39. The molecular weight excluding hydrogens is 472 g/mol. The molecule has 0 aliphatic heterocycles. The number of benzene rings is 2. The summed E-state index contributed by atoms with van der Waals surface area (Å²) in [7, 11) is 0. The van der Waals surface area contributed by atoms with E-state index in [-0.39, 0.29) is 30.2 Å². The highest BCUT2D eigenvalue weighted by Gasteiger charge is 2.14. The van der Waals surface area contributed by atoms with Crippen molar-refractivity contribution in [2.75, 3.05) is 13.2 Å². The molecule has 0 bridgehead atoms. The summed E-state index contributed by atoms with van der Waals surface area (Å²) in [6.45, 7) is 3.76. The number of hydrogen-bond donors (Lipinski definition) is 1. The van der Waals surface area contributed by atoms with Crippen molar-refractivity contribution in [1.82, 2.24) is 5.32 Å². The molecule has 0 fully saturated rings. The van der Waals surface area contributed by atoms with Gasteiger partial charge in [-0.25, -0.2) is 4.79 Å². The average Bonchev–Trinajstić information content (AvgIpc) is 3.37. The molecule has 0 unspecified atom stereocenters. The second kappa shape index (κ2) is 12.3. The van der Waals surface area contributed by atoms with E-state index in [0.29, 0.717) is 28.7 Å². The van der Waals surface area contributed by atoms with Gasteiger partial charge in [-0.15, -0.1) is 0 Å². The SMILES string of the molecule is CCOc1cc(/C=C(\C#N)C(=O)NCc2ccco2)ccc1OC(=O)COc1ccc(Cl)c(C)c1. The predicted octanol–water partition coefficient (Wildman–Crippen LogP) is 4.85. The predicted molar refractivity (Wildman–Crippen MR) is 129 cm³/mol. The van der Waals surface area contributed by atoms with Crippen molar-refractivity contribution in [3.63, 3.8) is 0 Å². The molecule has 1 N–H and O–H groups in total. The number of esters is 1. The van der Waals surface area contributed by atoms with Gasteiger partial charge in [-0.3, -0.25) is 4.79 Å². The minimum absolute atomic E-state index is 0.101. The summed E-state index contributed by atoms with van der Waals surface area (Å²) in [5.74, 6) is 0.346. The standard InChI is InChI=1S/C26H23ClN2O6/c1-3-32-24-13-18(12-19(14-28)26(31)29-15-21-5-4-10-33-21)6-9-23(24)35-25(30)16-34-20-7-8-22(27)17(2)11-20/h4-13H,3,15-16H2,1-2H3,(H,29,31)/b19-12+. The number of furan rings is 1. The summed E-state index contributed by atoms with van der Waals surface area (Å²) >= 11 is 6.00. The van der Waals surface area contributed by atoms with Gasteiger partial charge in [0, 0.05) is 5.02 Å². The van der Waals surface area contributed by atoms with Gasteiger partial charge in [-0.1, -0.05) is 17.7 Å². The van der Waals surface area contributed by atoms with E-state index in [9.17, 15) is 14.9 Å². The topological polar surface area (TPSA) is 111 Å². The Balaban J connectivity index is 1.67. The summed E-state index contributed by atoms with van der Waals surface area (Å²) in [5.41, 5.74) is 1.24. The zero-order valence-corrected chi connectivity index (χ0v) is 19.9. The van der Waals surface area contributed by atoms with Crippen LogP contribution in [0.1, 0.15) is 23.8 Å². The molecule has 2 aromatic carbocycles. The molecule has 35 heavy (non-hydrogen) atoms. The lowest BCUT2D eigenvalue weighted by Gasteiger charge is -2.12. The summed E-state index contributed by atoms with van der Waals surface area (Å²) in [6.07, 6.45) is 2.91. The van der Waals surface area contributed by atoms with Crippen LogP contribution in [0, 0.1) is 18.3 Å². The average molecular weight is 495 g/mol. The molecule has 3 rings (SSSR count). The van der Waals surface area contributed by atoms with Crippen LogP contribution in [0.4, 0.5) is 0 Å². The lowest BCUT2D eigenvalue weighted by molar-refractivity contribution is -0.136. The Morgan fingerprint density at radius 2 is 1.97 bits per heavy atom. The van der Waals surface area contributed by atoms with E-state index in [1.54, 1.807) is 49.4 Å². The molecule has 0 saturated heterocycles. The summed E-state index contributed by atoms with van der Waals surface area (Å²) < 4.78 is 21.6. The quantitative estimate of drug-likeness (QED) is 0.186. The minimum atomic E-state index is -0.628. The van der Waals surface area contributed by atoms with Crippen LogP contribution in [-0.2, 0) is 16.1 Å². The first-order chi connectivity index (χ1) is 16.9. The van der Waals surface area contributed by atoms with Crippen LogP contribution in [0.2, 0.25) is 5.02 Å². The molecule has 0 saturated carbocycles. The van der Waals surface area contributed by atoms with E-state index in [0.717, 1.165) is 5.56 Å². The van der Waals surface area contributed by atoms with Crippen molar-refractivity contribution in [3.8, 4) is 23.3 Å². The van der Waals surface area contributed by atoms with E-state index in [1.165, 1.54) is 18.4 Å². The van der Waals surface area contributed by atoms with Crippen LogP contribution in [0.5, 0.6) is 17.2 Å². The fraction of sp³-hybridized carbons (Fsp3) is 0.192. The van der Waals surface area contributed by atoms with E-state index >= 15 is 0 Å². The highest BCUT2D eigenvalue weighted by atomic mass is 35.5. The Kier molecular flexibility index (Phi) is 8.93. The largest absolute Gasteiger partial charge is 0.490 e. The monoisotopic (exact) mass is 494 g/mol. The van der Waals surface area contributed by atoms with Gasteiger partial charge in [-0.05, 0) is 73.5 Å². The number of nitrogens with one attached hydrogen (secondary N) is 1. The van der Waals surface area contributed by atoms with Crippen molar-refractivity contribution >= 4 is 29.6 Å². The van der Waals surface area contributed by atoms with Crippen molar-refractivity contribution in [2.45, 2.75) is 20.4 Å². The van der Waals surface area contributed by atoms with E-state index in [2.05, 4.69) is 5.32 Å². The van der Waals surface area contributed by atoms with Crippen molar-refractivity contribution < 1.29 is 28.2 Å². The lowest BCUT2D eigenvalue weighted by atomic mass is 10.1. The van der Waals surface area contributed by atoms with E-state index in [4.69, 9.17) is 30.2 Å². The Bertz CT molecular complexity index is 1260. The van der Waals surface area contributed by atoms with Gasteiger partial charge < -0.3 is 23.9 Å². The highest BCUT2D eigenvalue weighted by Crippen LogP contribution is 2.30. The Morgan fingerprint density at radius 1 is 1.14 bits per heavy atom. The molecule has 0 aliphatic rings. The van der Waals surface area contributed by atoms with Gasteiger partial charge in [0.1, 0.15) is 23.2 Å². The normalized spacial score (nSPS) is 10.9. The molecule has 9 heteroatoms. The first-order valence-corrected chi connectivity index (χ1v) is 11.1.